The summed E-state index contributed by atoms with van der Waals surface area (Å²) in [6, 6.07) is 11.3. The summed E-state index contributed by atoms with van der Waals surface area (Å²) in [7, 11) is 1.63. The Balaban J connectivity index is 1.49. The van der Waals surface area contributed by atoms with Crippen molar-refractivity contribution in [3.05, 3.63) is 52.5 Å². The number of thiophene rings is 1. The molecule has 1 fully saturated rings. The SMILES string of the molecule is COc1ccc(-c2nnc(C3CCCN(C(=O)c4cccs4)C3)o2)cc1. The molecule has 1 saturated heterocycles. The first kappa shape index (κ1) is 16.8. The molecule has 1 aliphatic rings. The molecule has 6 nitrogen and oxygen atoms in total. The highest BCUT2D eigenvalue weighted by molar-refractivity contribution is 7.12. The number of carbonyl (C=O) groups excluding carboxylic acids is 1. The fourth-order valence-corrected chi connectivity index (χ4v) is 3.86. The van der Waals surface area contributed by atoms with E-state index in [1.807, 2.05) is 46.7 Å². The fourth-order valence-electron chi connectivity index (χ4n) is 3.17. The number of piperidine rings is 1. The van der Waals surface area contributed by atoms with Gasteiger partial charge in [0, 0.05) is 18.7 Å². The van der Waals surface area contributed by atoms with Crippen LogP contribution in [0.4, 0.5) is 0 Å². The second-order valence-corrected chi connectivity index (χ2v) is 7.19. The van der Waals surface area contributed by atoms with Crippen LogP contribution in [0.2, 0.25) is 0 Å². The molecule has 0 N–H and O–H groups in total. The van der Waals surface area contributed by atoms with Crippen molar-refractivity contribution >= 4 is 17.2 Å². The molecule has 0 aliphatic carbocycles. The molecule has 0 radical (unpaired) electrons. The van der Waals surface area contributed by atoms with E-state index in [1.54, 1.807) is 7.11 Å². The van der Waals surface area contributed by atoms with Crippen LogP contribution < -0.4 is 4.74 Å². The van der Waals surface area contributed by atoms with E-state index in [2.05, 4.69) is 10.2 Å². The molecule has 2 aromatic heterocycles. The Hall–Kier alpha value is -2.67. The van der Waals surface area contributed by atoms with Gasteiger partial charge in [0.25, 0.3) is 5.91 Å². The Morgan fingerprint density at radius 1 is 1.27 bits per heavy atom. The molecule has 1 atom stereocenters. The normalized spacial score (nSPS) is 17.3. The van der Waals surface area contributed by atoms with Crippen LogP contribution in [0, 0.1) is 0 Å². The summed E-state index contributed by atoms with van der Waals surface area (Å²) < 4.78 is 11.1. The van der Waals surface area contributed by atoms with Crippen LogP contribution in [0.3, 0.4) is 0 Å². The number of aromatic nitrogens is 2. The van der Waals surface area contributed by atoms with Gasteiger partial charge in [0.15, 0.2) is 0 Å². The minimum absolute atomic E-state index is 0.0761. The monoisotopic (exact) mass is 369 g/mol. The molecule has 7 heteroatoms. The van der Waals surface area contributed by atoms with Gasteiger partial charge in [0.05, 0.1) is 17.9 Å². The van der Waals surface area contributed by atoms with Gasteiger partial charge in [0.1, 0.15) is 5.75 Å². The second-order valence-electron chi connectivity index (χ2n) is 6.24. The molecule has 3 aromatic rings. The number of nitrogens with zero attached hydrogens (tertiary/aromatic N) is 3. The standard InChI is InChI=1S/C19H19N3O3S/c1-24-15-8-6-13(7-9-15)17-20-21-18(25-17)14-4-2-10-22(12-14)19(23)16-5-3-11-26-16/h3,5-9,11,14H,2,4,10,12H2,1H3. The molecule has 0 bridgehead atoms. The van der Waals surface area contributed by atoms with Gasteiger partial charge >= 0.3 is 0 Å². The summed E-state index contributed by atoms with van der Waals surface area (Å²) >= 11 is 1.47. The molecule has 1 aromatic carbocycles. The van der Waals surface area contributed by atoms with Crippen molar-refractivity contribution in [3.8, 4) is 17.2 Å². The van der Waals surface area contributed by atoms with Crippen molar-refractivity contribution < 1.29 is 13.9 Å². The van der Waals surface area contributed by atoms with Crippen molar-refractivity contribution in [2.24, 2.45) is 0 Å². The Kier molecular flexibility index (Phi) is 4.71. The maximum atomic E-state index is 12.6. The number of carbonyl (C=O) groups is 1. The predicted octanol–water partition coefficient (Wildman–Crippen LogP) is 3.83. The van der Waals surface area contributed by atoms with Crippen LogP contribution in [0.5, 0.6) is 5.75 Å². The highest BCUT2D eigenvalue weighted by Gasteiger charge is 2.29. The first-order valence-corrected chi connectivity index (χ1v) is 9.43. The average Bonchev–Trinajstić information content (AvgIpc) is 3.40. The quantitative estimate of drug-likeness (QED) is 0.699. The van der Waals surface area contributed by atoms with Crippen LogP contribution in [-0.2, 0) is 0 Å². The summed E-state index contributed by atoms with van der Waals surface area (Å²) in [6.07, 6.45) is 1.88. The van der Waals surface area contributed by atoms with Gasteiger partial charge in [-0.1, -0.05) is 6.07 Å². The number of likely N-dealkylation sites (tertiary alicyclic amines) is 1. The molecule has 1 unspecified atom stereocenters. The Morgan fingerprint density at radius 2 is 2.12 bits per heavy atom. The van der Waals surface area contributed by atoms with Crippen molar-refractivity contribution in [2.75, 3.05) is 20.2 Å². The predicted molar refractivity (Wildman–Crippen MR) is 98.5 cm³/mol. The molecule has 0 spiro atoms. The molecule has 1 aliphatic heterocycles. The number of hydrogen-bond acceptors (Lipinski definition) is 6. The van der Waals surface area contributed by atoms with E-state index < -0.39 is 0 Å². The highest BCUT2D eigenvalue weighted by Crippen LogP contribution is 2.30. The topological polar surface area (TPSA) is 68.5 Å². The fraction of sp³-hybridized carbons (Fsp3) is 0.316. The van der Waals surface area contributed by atoms with Gasteiger partial charge in [-0.2, -0.15) is 0 Å². The lowest BCUT2D eigenvalue weighted by atomic mass is 9.98. The van der Waals surface area contributed by atoms with Crippen LogP contribution >= 0.6 is 11.3 Å². The number of hydrogen-bond donors (Lipinski definition) is 0. The van der Waals surface area contributed by atoms with E-state index in [9.17, 15) is 4.79 Å². The Morgan fingerprint density at radius 3 is 2.85 bits per heavy atom. The van der Waals surface area contributed by atoms with Crippen molar-refractivity contribution in [3.63, 3.8) is 0 Å². The zero-order valence-corrected chi connectivity index (χ0v) is 15.2. The van der Waals surface area contributed by atoms with Crippen LogP contribution in [0.25, 0.3) is 11.5 Å². The van der Waals surface area contributed by atoms with Crippen LogP contribution in [0.1, 0.15) is 34.3 Å². The van der Waals surface area contributed by atoms with E-state index in [4.69, 9.17) is 9.15 Å². The van der Waals surface area contributed by atoms with Crippen molar-refractivity contribution in [1.29, 1.82) is 0 Å². The van der Waals surface area contributed by atoms with Crippen molar-refractivity contribution in [1.82, 2.24) is 15.1 Å². The van der Waals surface area contributed by atoms with Gasteiger partial charge in [-0.3, -0.25) is 4.79 Å². The molecular weight excluding hydrogens is 350 g/mol. The first-order chi connectivity index (χ1) is 12.7. The molecule has 0 saturated carbocycles. The van der Waals surface area contributed by atoms with Crippen LogP contribution in [-0.4, -0.2) is 41.2 Å². The minimum Gasteiger partial charge on any atom is -0.497 e. The molecule has 134 valence electrons. The third-order valence-electron chi connectivity index (χ3n) is 4.57. The van der Waals surface area contributed by atoms with Crippen molar-refractivity contribution in [2.45, 2.75) is 18.8 Å². The number of methoxy groups -OCH3 is 1. The average molecular weight is 369 g/mol. The van der Waals surface area contributed by atoms with Gasteiger partial charge in [-0.25, -0.2) is 0 Å². The number of rotatable bonds is 4. The molecule has 26 heavy (non-hydrogen) atoms. The van der Waals surface area contributed by atoms with E-state index in [1.165, 1.54) is 11.3 Å². The smallest absolute Gasteiger partial charge is 0.263 e. The third kappa shape index (κ3) is 3.35. The summed E-state index contributed by atoms with van der Waals surface area (Å²) in [4.78, 5) is 15.2. The number of benzene rings is 1. The Labute approximate surface area is 155 Å². The lowest BCUT2D eigenvalue weighted by Crippen LogP contribution is -2.38. The van der Waals surface area contributed by atoms with Crippen LogP contribution in [0.15, 0.2) is 46.2 Å². The zero-order valence-electron chi connectivity index (χ0n) is 14.4. The maximum absolute atomic E-state index is 12.6. The number of ether oxygens (including phenoxy) is 1. The summed E-state index contributed by atoms with van der Waals surface area (Å²) in [5.41, 5.74) is 0.854. The summed E-state index contributed by atoms with van der Waals surface area (Å²) in [5.74, 6) is 2.03. The zero-order chi connectivity index (χ0) is 17.9. The number of amides is 1. The second kappa shape index (κ2) is 7.29. The van der Waals surface area contributed by atoms with Gasteiger partial charge in [0.2, 0.25) is 11.8 Å². The largest absolute Gasteiger partial charge is 0.497 e. The van der Waals surface area contributed by atoms with E-state index in [0.29, 0.717) is 18.3 Å². The lowest BCUT2D eigenvalue weighted by molar-refractivity contribution is 0.0703. The van der Waals surface area contributed by atoms with Gasteiger partial charge in [-0.05, 0) is 48.6 Å². The molecule has 1 amide bonds. The lowest BCUT2D eigenvalue weighted by Gasteiger charge is -2.30. The summed E-state index contributed by atoms with van der Waals surface area (Å²) in [5, 5.41) is 10.3. The van der Waals surface area contributed by atoms with E-state index in [-0.39, 0.29) is 11.8 Å². The molecular formula is C19H19N3O3S. The molecule has 3 heterocycles. The Bertz CT molecular complexity index is 874. The van der Waals surface area contributed by atoms with E-state index >= 15 is 0 Å². The van der Waals surface area contributed by atoms with Gasteiger partial charge in [-0.15, -0.1) is 21.5 Å². The first-order valence-electron chi connectivity index (χ1n) is 8.55. The summed E-state index contributed by atoms with van der Waals surface area (Å²) in [6.45, 7) is 1.38. The van der Waals surface area contributed by atoms with Gasteiger partial charge < -0.3 is 14.1 Å². The third-order valence-corrected chi connectivity index (χ3v) is 5.43. The maximum Gasteiger partial charge on any atom is 0.263 e. The molecule has 4 rings (SSSR count). The van der Waals surface area contributed by atoms with E-state index in [0.717, 1.165) is 35.6 Å². The minimum atomic E-state index is 0.0761. The highest BCUT2D eigenvalue weighted by atomic mass is 32.1.